The van der Waals surface area contributed by atoms with Crippen molar-refractivity contribution >= 4 is 16.6 Å². The van der Waals surface area contributed by atoms with E-state index >= 15 is 0 Å². The van der Waals surface area contributed by atoms with Crippen molar-refractivity contribution in [1.82, 2.24) is 4.98 Å². The van der Waals surface area contributed by atoms with Crippen molar-refractivity contribution in [3.8, 4) is 5.75 Å². The number of rotatable bonds is 1. The minimum Gasteiger partial charge on any atom is -0.508 e. The summed E-state index contributed by atoms with van der Waals surface area (Å²) in [4.78, 5) is 4.07. The van der Waals surface area contributed by atoms with Crippen LogP contribution in [0.1, 0.15) is 5.56 Å². The molecule has 0 aliphatic heterocycles. The minimum atomic E-state index is -0.129. The molecule has 0 saturated carbocycles. The van der Waals surface area contributed by atoms with Crippen molar-refractivity contribution in [3.05, 3.63) is 30.0 Å². The van der Waals surface area contributed by atoms with Gasteiger partial charge in [0.15, 0.2) is 0 Å². The van der Waals surface area contributed by atoms with Crippen LogP contribution in [-0.2, 0) is 6.61 Å². The van der Waals surface area contributed by atoms with Crippen LogP contribution in [0.2, 0.25) is 0 Å². The SMILES string of the molecule is Nc1c(CO)cnc2cc(O)ccc12. The van der Waals surface area contributed by atoms with Gasteiger partial charge in [0.05, 0.1) is 12.1 Å². The molecule has 0 bridgehead atoms. The molecule has 0 aliphatic carbocycles. The molecule has 0 aliphatic rings. The average molecular weight is 190 g/mol. The molecule has 0 unspecified atom stereocenters. The van der Waals surface area contributed by atoms with Crippen molar-refractivity contribution in [2.45, 2.75) is 6.61 Å². The second-order valence-corrected chi connectivity index (χ2v) is 3.06. The van der Waals surface area contributed by atoms with E-state index in [2.05, 4.69) is 4.98 Å². The maximum Gasteiger partial charge on any atom is 0.117 e. The molecule has 0 radical (unpaired) electrons. The monoisotopic (exact) mass is 190 g/mol. The van der Waals surface area contributed by atoms with Gasteiger partial charge in [-0.2, -0.15) is 0 Å². The standard InChI is InChI=1S/C10H10N2O2/c11-10-6(5-13)4-12-9-3-7(14)1-2-8(9)10/h1-4,13-14H,5H2,(H2,11,12). The molecular formula is C10H10N2O2. The van der Waals surface area contributed by atoms with Gasteiger partial charge in [-0.05, 0) is 12.1 Å². The first kappa shape index (κ1) is 8.77. The van der Waals surface area contributed by atoms with Crippen molar-refractivity contribution in [2.75, 3.05) is 5.73 Å². The van der Waals surface area contributed by atoms with Gasteiger partial charge >= 0.3 is 0 Å². The number of nitrogen functional groups attached to an aromatic ring is 1. The molecule has 1 aromatic carbocycles. The third-order valence-corrected chi connectivity index (χ3v) is 2.15. The van der Waals surface area contributed by atoms with Crippen LogP contribution in [0.15, 0.2) is 24.4 Å². The number of pyridine rings is 1. The maximum absolute atomic E-state index is 9.22. The van der Waals surface area contributed by atoms with Gasteiger partial charge in [0.2, 0.25) is 0 Å². The number of anilines is 1. The summed E-state index contributed by atoms with van der Waals surface area (Å²) in [5, 5.41) is 18.9. The molecule has 4 N–H and O–H groups in total. The number of aromatic hydroxyl groups is 1. The molecular weight excluding hydrogens is 180 g/mol. The van der Waals surface area contributed by atoms with Gasteiger partial charge in [0, 0.05) is 28.9 Å². The molecule has 0 fully saturated rings. The highest BCUT2D eigenvalue weighted by Gasteiger charge is 2.04. The maximum atomic E-state index is 9.22. The van der Waals surface area contributed by atoms with Crippen LogP contribution in [-0.4, -0.2) is 15.2 Å². The van der Waals surface area contributed by atoms with Crippen molar-refractivity contribution < 1.29 is 10.2 Å². The van der Waals surface area contributed by atoms with E-state index in [9.17, 15) is 5.11 Å². The van der Waals surface area contributed by atoms with Gasteiger partial charge < -0.3 is 15.9 Å². The van der Waals surface area contributed by atoms with Gasteiger partial charge in [0.25, 0.3) is 0 Å². The number of aliphatic hydroxyl groups is 1. The van der Waals surface area contributed by atoms with E-state index in [4.69, 9.17) is 10.8 Å². The highest BCUT2D eigenvalue weighted by Crippen LogP contribution is 2.25. The summed E-state index contributed by atoms with van der Waals surface area (Å²) in [6, 6.07) is 4.76. The van der Waals surface area contributed by atoms with Crippen molar-refractivity contribution in [1.29, 1.82) is 0 Å². The molecule has 1 aromatic heterocycles. The zero-order chi connectivity index (χ0) is 10.1. The van der Waals surface area contributed by atoms with Crippen LogP contribution in [0.4, 0.5) is 5.69 Å². The number of hydrogen-bond acceptors (Lipinski definition) is 4. The van der Waals surface area contributed by atoms with E-state index < -0.39 is 0 Å². The topological polar surface area (TPSA) is 79.4 Å². The Bertz CT molecular complexity index is 483. The summed E-state index contributed by atoms with van der Waals surface area (Å²) >= 11 is 0. The largest absolute Gasteiger partial charge is 0.508 e. The number of fused-ring (bicyclic) bond motifs is 1. The molecule has 0 saturated heterocycles. The Hall–Kier alpha value is -1.81. The van der Waals surface area contributed by atoms with Crippen LogP contribution >= 0.6 is 0 Å². The van der Waals surface area contributed by atoms with Crippen LogP contribution in [0.25, 0.3) is 10.9 Å². The number of phenols is 1. The quantitative estimate of drug-likeness (QED) is 0.627. The normalized spacial score (nSPS) is 10.6. The molecule has 4 nitrogen and oxygen atoms in total. The summed E-state index contributed by atoms with van der Waals surface area (Å²) < 4.78 is 0. The fourth-order valence-electron chi connectivity index (χ4n) is 1.37. The molecule has 4 heteroatoms. The van der Waals surface area contributed by atoms with Gasteiger partial charge in [-0.1, -0.05) is 0 Å². The van der Waals surface area contributed by atoms with Gasteiger partial charge in [0.1, 0.15) is 5.75 Å². The summed E-state index contributed by atoms with van der Waals surface area (Å²) in [5.74, 6) is 0.154. The Morgan fingerprint density at radius 2 is 2.14 bits per heavy atom. The van der Waals surface area contributed by atoms with Gasteiger partial charge in [-0.25, -0.2) is 0 Å². The minimum absolute atomic E-state index is 0.129. The van der Waals surface area contributed by atoms with E-state index in [1.807, 2.05) is 0 Å². The number of aromatic nitrogens is 1. The van der Waals surface area contributed by atoms with E-state index in [1.165, 1.54) is 12.3 Å². The van der Waals surface area contributed by atoms with E-state index in [1.54, 1.807) is 12.1 Å². The van der Waals surface area contributed by atoms with Crippen molar-refractivity contribution in [3.63, 3.8) is 0 Å². The number of phenolic OH excluding ortho intramolecular Hbond substituents is 1. The van der Waals surface area contributed by atoms with E-state index in [-0.39, 0.29) is 12.4 Å². The van der Waals surface area contributed by atoms with Crippen LogP contribution in [0, 0.1) is 0 Å². The Labute approximate surface area is 80.6 Å². The molecule has 0 spiro atoms. The highest BCUT2D eigenvalue weighted by atomic mass is 16.3. The molecule has 2 rings (SSSR count). The molecule has 0 amide bonds. The second-order valence-electron chi connectivity index (χ2n) is 3.06. The van der Waals surface area contributed by atoms with Crippen LogP contribution in [0.5, 0.6) is 5.75 Å². The smallest absolute Gasteiger partial charge is 0.117 e. The fraction of sp³-hybridized carbons (Fsp3) is 0.100. The number of aliphatic hydroxyl groups excluding tert-OH is 1. The molecule has 0 atom stereocenters. The lowest BCUT2D eigenvalue weighted by atomic mass is 10.1. The highest BCUT2D eigenvalue weighted by molar-refractivity contribution is 5.92. The third-order valence-electron chi connectivity index (χ3n) is 2.15. The van der Waals surface area contributed by atoms with Crippen molar-refractivity contribution in [2.24, 2.45) is 0 Å². The molecule has 1 heterocycles. The Morgan fingerprint density at radius 3 is 2.86 bits per heavy atom. The predicted molar refractivity (Wildman–Crippen MR) is 53.7 cm³/mol. The second kappa shape index (κ2) is 3.16. The Morgan fingerprint density at radius 1 is 1.36 bits per heavy atom. The number of hydrogen-bond donors (Lipinski definition) is 3. The zero-order valence-electron chi connectivity index (χ0n) is 7.44. The first-order chi connectivity index (χ1) is 6.72. The van der Waals surface area contributed by atoms with Crippen LogP contribution in [0.3, 0.4) is 0 Å². The van der Waals surface area contributed by atoms with E-state index in [0.717, 1.165) is 5.39 Å². The lowest BCUT2D eigenvalue weighted by Crippen LogP contribution is -1.96. The summed E-state index contributed by atoms with van der Waals surface area (Å²) in [7, 11) is 0. The first-order valence-electron chi connectivity index (χ1n) is 4.19. The lowest BCUT2D eigenvalue weighted by molar-refractivity contribution is 0.282. The molecule has 2 aromatic rings. The number of benzene rings is 1. The predicted octanol–water partition coefficient (Wildman–Crippen LogP) is 1.01. The molecule has 72 valence electrons. The fourth-order valence-corrected chi connectivity index (χ4v) is 1.37. The lowest BCUT2D eigenvalue weighted by Gasteiger charge is -2.05. The summed E-state index contributed by atoms with van der Waals surface area (Å²) in [5.41, 5.74) is 7.53. The Kier molecular flexibility index (Phi) is 1.98. The van der Waals surface area contributed by atoms with Crippen LogP contribution < -0.4 is 5.73 Å². The summed E-state index contributed by atoms with van der Waals surface area (Å²) in [6.45, 7) is -0.129. The van der Waals surface area contributed by atoms with Gasteiger partial charge in [-0.15, -0.1) is 0 Å². The number of nitrogens with zero attached hydrogens (tertiary/aromatic N) is 1. The zero-order valence-corrected chi connectivity index (χ0v) is 7.44. The summed E-state index contributed by atoms with van der Waals surface area (Å²) in [6.07, 6.45) is 1.51. The third kappa shape index (κ3) is 1.25. The van der Waals surface area contributed by atoms with Gasteiger partial charge in [-0.3, -0.25) is 4.98 Å². The van der Waals surface area contributed by atoms with E-state index in [0.29, 0.717) is 16.8 Å². The average Bonchev–Trinajstić information content (AvgIpc) is 2.18. The number of nitrogens with two attached hydrogens (primary N) is 1. The Balaban J connectivity index is 2.77. The first-order valence-corrected chi connectivity index (χ1v) is 4.19. The molecule has 14 heavy (non-hydrogen) atoms.